The topological polar surface area (TPSA) is 108 Å². The predicted molar refractivity (Wildman–Crippen MR) is 256 cm³/mol. The predicted octanol–water partition coefficient (Wildman–Crippen LogP) is 14.0. The number of aliphatic hydroxyl groups is 1. The number of aliphatic hydroxyl groups excluding tert-OH is 1. The Bertz CT molecular complexity index is 1070. The monoisotopic (exact) mass is 867 g/mol. The van der Waals surface area contributed by atoms with Gasteiger partial charge in [0.2, 0.25) is 5.91 Å². The van der Waals surface area contributed by atoms with Gasteiger partial charge in [-0.2, -0.15) is 0 Å². The standard InChI is InChI=1S/C51H99N2O6P/c1-6-8-10-12-14-16-18-20-21-22-23-24-25-26-27-28-29-30-31-33-35-37-39-41-43-45-51(55)52-49(48-59-60(56,57)58-47-46-53(3,4)5)50(54)44-42-40-38-36-34-32-19-17-15-13-11-9-7-2/h22-23,34,36,42,44,49-50,54H,6-21,24-33,35,37-41,43,45-48H2,1-5H3,(H-,52,55,56,57)/b23-22-,36-34+,44-42+. The maximum Gasteiger partial charge on any atom is 0.268 e. The zero-order valence-electron chi connectivity index (χ0n) is 40.2. The summed E-state index contributed by atoms with van der Waals surface area (Å²) in [6, 6.07) is -0.901. The van der Waals surface area contributed by atoms with E-state index in [4.69, 9.17) is 9.05 Å². The number of hydrogen-bond acceptors (Lipinski definition) is 6. The summed E-state index contributed by atoms with van der Waals surface area (Å²) in [5, 5.41) is 13.8. The van der Waals surface area contributed by atoms with E-state index in [-0.39, 0.29) is 12.5 Å². The first-order valence-electron chi connectivity index (χ1n) is 25.4. The highest BCUT2D eigenvalue weighted by Crippen LogP contribution is 2.38. The number of rotatable bonds is 46. The fraction of sp³-hybridized carbons (Fsp3) is 0.863. The van der Waals surface area contributed by atoms with Crippen molar-refractivity contribution in [2.24, 2.45) is 0 Å². The van der Waals surface area contributed by atoms with Gasteiger partial charge in [-0.3, -0.25) is 9.36 Å². The fourth-order valence-electron chi connectivity index (χ4n) is 7.28. The van der Waals surface area contributed by atoms with Crippen LogP contribution in [0.3, 0.4) is 0 Å². The van der Waals surface area contributed by atoms with Gasteiger partial charge in [-0.15, -0.1) is 0 Å². The van der Waals surface area contributed by atoms with Crippen molar-refractivity contribution in [1.82, 2.24) is 5.32 Å². The van der Waals surface area contributed by atoms with E-state index >= 15 is 0 Å². The van der Waals surface area contributed by atoms with Crippen LogP contribution < -0.4 is 10.2 Å². The van der Waals surface area contributed by atoms with Gasteiger partial charge in [0.15, 0.2) is 0 Å². The molecule has 0 bridgehead atoms. The molecule has 3 atom stereocenters. The number of likely N-dealkylation sites (N-methyl/N-ethyl adjacent to an activating group) is 1. The highest BCUT2D eigenvalue weighted by atomic mass is 31.2. The van der Waals surface area contributed by atoms with Crippen molar-refractivity contribution >= 4 is 13.7 Å². The maximum atomic E-state index is 12.9. The first-order valence-corrected chi connectivity index (χ1v) is 26.8. The molecule has 354 valence electrons. The molecule has 0 aromatic heterocycles. The third-order valence-corrected chi connectivity index (χ3v) is 12.3. The average Bonchev–Trinajstić information content (AvgIpc) is 3.20. The molecule has 1 amide bonds. The molecule has 0 radical (unpaired) electrons. The molecular weight excluding hydrogens is 768 g/mol. The number of phosphoric acid groups is 1. The summed E-state index contributed by atoms with van der Waals surface area (Å²) < 4.78 is 23.2. The van der Waals surface area contributed by atoms with E-state index in [0.29, 0.717) is 17.4 Å². The molecule has 0 heterocycles. The summed E-state index contributed by atoms with van der Waals surface area (Å²) in [6.07, 6.45) is 53.5. The minimum atomic E-state index is -4.60. The molecule has 0 aromatic carbocycles. The Hall–Kier alpha value is -1.28. The smallest absolute Gasteiger partial charge is 0.268 e. The summed E-state index contributed by atoms with van der Waals surface area (Å²) in [6.45, 7) is 4.62. The quantitative estimate of drug-likeness (QED) is 0.0273. The lowest BCUT2D eigenvalue weighted by molar-refractivity contribution is -0.870. The van der Waals surface area contributed by atoms with Gasteiger partial charge in [0.25, 0.3) is 7.82 Å². The Morgan fingerprint density at radius 1 is 0.567 bits per heavy atom. The lowest BCUT2D eigenvalue weighted by Crippen LogP contribution is -2.45. The maximum absolute atomic E-state index is 12.9. The van der Waals surface area contributed by atoms with Gasteiger partial charge in [-0.05, 0) is 57.8 Å². The lowest BCUT2D eigenvalue weighted by Gasteiger charge is -2.29. The summed E-state index contributed by atoms with van der Waals surface area (Å²) in [5.41, 5.74) is 0. The average molecular weight is 867 g/mol. The van der Waals surface area contributed by atoms with E-state index in [9.17, 15) is 19.4 Å². The molecule has 0 saturated heterocycles. The van der Waals surface area contributed by atoms with Crippen LogP contribution in [-0.2, 0) is 18.4 Å². The molecule has 60 heavy (non-hydrogen) atoms. The van der Waals surface area contributed by atoms with Crippen molar-refractivity contribution in [1.29, 1.82) is 0 Å². The number of carbonyl (C=O) groups is 1. The second kappa shape index (κ2) is 43.0. The molecule has 9 heteroatoms. The van der Waals surface area contributed by atoms with Crippen LogP contribution in [0.25, 0.3) is 0 Å². The van der Waals surface area contributed by atoms with Crippen molar-refractivity contribution < 1.29 is 32.9 Å². The molecule has 0 aliphatic heterocycles. The highest BCUT2D eigenvalue weighted by molar-refractivity contribution is 7.45. The van der Waals surface area contributed by atoms with Crippen molar-refractivity contribution in [2.45, 2.75) is 244 Å². The van der Waals surface area contributed by atoms with Gasteiger partial charge < -0.3 is 28.8 Å². The Kier molecular flexibility index (Phi) is 42.1. The molecule has 0 aromatic rings. The number of allylic oxidation sites excluding steroid dienone is 5. The third-order valence-electron chi connectivity index (χ3n) is 11.3. The molecular formula is C51H99N2O6P. The van der Waals surface area contributed by atoms with E-state index in [1.54, 1.807) is 6.08 Å². The molecule has 0 aliphatic carbocycles. The van der Waals surface area contributed by atoms with Crippen molar-refractivity contribution in [3.05, 3.63) is 36.5 Å². The van der Waals surface area contributed by atoms with Crippen LogP contribution >= 0.6 is 7.82 Å². The van der Waals surface area contributed by atoms with Crippen LogP contribution in [0.4, 0.5) is 0 Å². The largest absolute Gasteiger partial charge is 0.756 e. The zero-order valence-corrected chi connectivity index (χ0v) is 41.1. The number of quaternary nitrogens is 1. The number of nitrogens with zero attached hydrogens (tertiary/aromatic N) is 1. The van der Waals surface area contributed by atoms with E-state index in [2.05, 4.69) is 43.5 Å². The van der Waals surface area contributed by atoms with Gasteiger partial charge in [0.05, 0.1) is 39.9 Å². The number of carbonyl (C=O) groups excluding carboxylic acids is 1. The number of amides is 1. The Balaban J connectivity index is 4.22. The van der Waals surface area contributed by atoms with Gasteiger partial charge >= 0.3 is 0 Å². The Morgan fingerprint density at radius 3 is 1.35 bits per heavy atom. The van der Waals surface area contributed by atoms with Gasteiger partial charge in [0, 0.05) is 6.42 Å². The minimum absolute atomic E-state index is 0.00581. The summed E-state index contributed by atoms with van der Waals surface area (Å²) in [7, 11) is 1.25. The lowest BCUT2D eigenvalue weighted by atomic mass is 10.0. The second-order valence-corrected chi connectivity index (χ2v) is 19.9. The SMILES string of the molecule is CCCCCCCCC/C=C/CC/C=C/C(O)C(COP(=O)([O-])OCC[N+](C)(C)C)NC(=O)CCCCCCCCCCCCCCC/C=C\CCCCCCCCCC. The van der Waals surface area contributed by atoms with E-state index in [0.717, 1.165) is 38.5 Å². The number of hydrogen-bond donors (Lipinski definition) is 2. The number of unbranched alkanes of at least 4 members (excludes halogenated alkanes) is 29. The molecule has 8 nitrogen and oxygen atoms in total. The van der Waals surface area contributed by atoms with E-state index in [1.807, 2.05) is 27.2 Å². The first kappa shape index (κ1) is 58.7. The summed E-state index contributed by atoms with van der Waals surface area (Å²) in [5.74, 6) is -0.207. The summed E-state index contributed by atoms with van der Waals surface area (Å²) in [4.78, 5) is 25.4. The van der Waals surface area contributed by atoms with Crippen LogP contribution in [0.5, 0.6) is 0 Å². The number of phosphoric ester groups is 1. The second-order valence-electron chi connectivity index (χ2n) is 18.5. The van der Waals surface area contributed by atoms with Crippen LogP contribution in [0.1, 0.15) is 232 Å². The van der Waals surface area contributed by atoms with Crippen molar-refractivity contribution in [3.8, 4) is 0 Å². The highest BCUT2D eigenvalue weighted by Gasteiger charge is 2.23. The van der Waals surface area contributed by atoms with Crippen LogP contribution in [0.2, 0.25) is 0 Å². The molecule has 0 spiro atoms. The molecule has 0 aliphatic rings. The zero-order chi connectivity index (χ0) is 44.3. The van der Waals surface area contributed by atoms with Crippen LogP contribution in [0.15, 0.2) is 36.5 Å². The van der Waals surface area contributed by atoms with Crippen LogP contribution in [-0.4, -0.2) is 68.5 Å². The van der Waals surface area contributed by atoms with Gasteiger partial charge in [-0.1, -0.05) is 204 Å². The van der Waals surface area contributed by atoms with Crippen molar-refractivity contribution in [2.75, 3.05) is 40.9 Å². The fourth-order valence-corrected chi connectivity index (χ4v) is 8.00. The number of nitrogens with one attached hydrogen (secondary N) is 1. The molecule has 0 fully saturated rings. The van der Waals surface area contributed by atoms with E-state index < -0.39 is 26.6 Å². The molecule has 3 unspecified atom stereocenters. The normalized spacial score (nSPS) is 14.4. The third kappa shape index (κ3) is 44.8. The minimum Gasteiger partial charge on any atom is -0.756 e. The van der Waals surface area contributed by atoms with E-state index in [1.165, 1.54) is 173 Å². The van der Waals surface area contributed by atoms with Gasteiger partial charge in [0.1, 0.15) is 13.2 Å². The Morgan fingerprint density at radius 2 is 0.933 bits per heavy atom. The van der Waals surface area contributed by atoms with Gasteiger partial charge in [-0.25, -0.2) is 0 Å². The van der Waals surface area contributed by atoms with Crippen molar-refractivity contribution in [3.63, 3.8) is 0 Å². The van der Waals surface area contributed by atoms with Crippen LogP contribution in [0, 0.1) is 0 Å². The molecule has 0 saturated carbocycles. The molecule has 2 N–H and O–H groups in total. The molecule has 0 rings (SSSR count). The first-order chi connectivity index (χ1) is 29.0. The summed E-state index contributed by atoms with van der Waals surface area (Å²) >= 11 is 0. The Labute approximate surface area is 372 Å².